The zero-order valence-corrected chi connectivity index (χ0v) is 13.7. The van der Waals surface area contributed by atoms with Crippen LogP contribution < -0.4 is 10.6 Å². The third kappa shape index (κ3) is 6.67. The van der Waals surface area contributed by atoms with Gasteiger partial charge < -0.3 is 15.5 Å². The minimum atomic E-state index is -0.248. The molecule has 22 heavy (non-hydrogen) atoms. The first-order chi connectivity index (χ1) is 10.5. The van der Waals surface area contributed by atoms with E-state index in [9.17, 15) is 9.59 Å². The summed E-state index contributed by atoms with van der Waals surface area (Å²) in [6, 6.07) is 4.91. The Morgan fingerprint density at radius 2 is 1.59 bits per heavy atom. The Morgan fingerprint density at radius 1 is 1.05 bits per heavy atom. The molecule has 0 aliphatic heterocycles. The van der Waals surface area contributed by atoms with Crippen molar-refractivity contribution in [3.05, 3.63) is 29.6 Å². The number of pyridine rings is 1. The van der Waals surface area contributed by atoms with Gasteiger partial charge in [0.2, 0.25) is 0 Å². The minimum Gasteiger partial charge on any atom is -0.351 e. The molecular weight excluding hydrogens is 280 g/mol. The van der Waals surface area contributed by atoms with E-state index in [0.29, 0.717) is 13.1 Å². The molecule has 2 amide bonds. The zero-order chi connectivity index (χ0) is 16.4. The van der Waals surface area contributed by atoms with Crippen LogP contribution in [0.2, 0.25) is 0 Å². The number of amides is 2. The average Bonchev–Trinajstić information content (AvgIpc) is 2.51. The molecule has 0 spiro atoms. The number of hydrogen-bond donors (Lipinski definition) is 2. The lowest BCUT2D eigenvalue weighted by Crippen LogP contribution is -2.29. The maximum Gasteiger partial charge on any atom is 0.269 e. The van der Waals surface area contributed by atoms with Gasteiger partial charge in [-0.2, -0.15) is 0 Å². The SMILES string of the molecule is CCCCNC(=O)c1cccc(C(=O)NCCCN(C)C)n1. The van der Waals surface area contributed by atoms with E-state index < -0.39 is 0 Å². The summed E-state index contributed by atoms with van der Waals surface area (Å²) in [6.45, 7) is 4.18. The summed E-state index contributed by atoms with van der Waals surface area (Å²) >= 11 is 0. The fraction of sp³-hybridized carbons (Fsp3) is 0.562. The smallest absolute Gasteiger partial charge is 0.269 e. The number of nitrogens with zero attached hydrogens (tertiary/aromatic N) is 2. The number of hydrogen-bond acceptors (Lipinski definition) is 4. The first-order valence-corrected chi connectivity index (χ1v) is 7.72. The Hall–Kier alpha value is -1.95. The fourth-order valence-corrected chi connectivity index (χ4v) is 1.84. The summed E-state index contributed by atoms with van der Waals surface area (Å²) in [5.74, 6) is -0.488. The molecular formula is C16H26N4O2. The van der Waals surface area contributed by atoms with Crippen molar-refractivity contribution in [2.24, 2.45) is 0 Å². The molecule has 0 aliphatic carbocycles. The van der Waals surface area contributed by atoms with Crippen molar-refractivity contribution in [2.45, 2.75) is 26.2 Å². The normalized spacial score (nSPS) is 10.5. The molecule has 0 radical (unpaired) electrons. The molecule has 122 valence electrons. The monoisotopic (exact) mass is 306 g/mol. The van der Waals surface area contributed by atoms with Crippen molar-refractivity contribution in [2.75, 3.05) is 33.7 Å². The van der Waals surface area contributed by atoms with Gasteiger partial charge in [0.25, 0.3) is 11.8 Å². The van der Waals surface area contributed by atoms with Crippen LogP contribution in [0.1, 0.15) is 47.2 Å². The van der Waals surface area contributed by atoms with Crippen LogP contribution >= 0.6 is 0 Å². The quantitative estimate of drug-likeness (QED) is 0.674. The number of carbonyl (C=O) groups is 2. The molecule has 1 aromatic rings. The molecule has 0 unspecified atom stereocenters. The first-order valence-electron chi connectivity index (χ1n) is 7.72. The number of aromatic nitrogens is 1. The van der Waals surface area contributed by atoms with E-state index in [4.69, 9.17) is 0 Å². The van der Waals surface area contributed by atoms with Crippen LogP contribution in [-0.2, 0) is 0 Å². The van der Waals surface area contributed by atoms with E-state index >= 15 is 0 Å². The maximum absolute atomic E-state index is 12.0. The summed E-state index contributed by atoms with van der Waals surface area (Å²) in [6.07, 6.45) is 2.82. The van der Waals surface area contributed by atoms with E-state index in [1.54, 1.807) is 18.2 Å². The molecule has 6 nitrogen and oxygen atoms in total. The fourth-order valence-electron chi connectivity index (χ4n) is 1.84. The van der Waals surface area contributed by atoms with Gasteiger partial charge in [0.15, 0.2) is 0 Å². The van der Waals surface area contributed by atoms with Gasteiger partial charge >= 0.3 is 0 Å². The summed E-state index contributed by atoms with van der Waals surface area (Å²) < 4.78 is 0. The van der Waals surface area contributed by atoms with Gasteiger partial charge in [0, 0.05) is 13.1 Å². The highest BCUT2D eigenvalue weighted by Gasteiger charge is 2.11. The van der Waals surface area contributed by atoms with Gasteiger partial charge in [-0.1, -0.05) is 19.4 Å². The van der Waals surface area contributed by atoms with Crippen LogP contribution in [0.25, 0.3) is 0 Å². The second-order valence-corrected chi connectivity index (χ2v) is 5.43. The van der Waals surface area contributed by atoms with E-state index in [2.05, 4.69) is 27.4 Å². The highest BCUT2D eigenvalue weighted by Crippen LogP contribution is 2.00. The maximum atomic E-state index is 12.0. The second kappa shape index (κ2) is 9.89. The molecule has 0 saturated carbocycles. The molecule has 1 rings (SSSR count). The van der Waals surface area contributed by atoms with Gasteiger partial charge in [-0.15, -0.1) is 0 Å². The topological polar surface area (TPSA) is 74.3 Å². The second-order valence-electron chi connectivity index (χ2n) is 5.43. The summed E-state index contributed by atoms with van der Waals surface area (Å²) in [5.41, 5.74) is 0.546. The standard InChI is InChI=1S/C16H26N4O2/c1-4-5-10-17-15(21)13-8-6-9-14(19-13)16(22)18-11-7-12-20(2)3/h6,8-9H,4-5,7,10-12H2,1-3H3,(H,17,21)(H,18,22). The Bertz CT molecular complexity index is 489. The Morgan fingerprint density at radius 3 is 2.09 bits per heavy atom. The lowest BCUT2D eigenvalue weighted by Gasteiger charge is -2.10. The minimum absolute atomic E-state index is 0.240. The molecule has 0 aliphatic rings. The zero-order valence-electron chi connectivity index (χ0n) is 13.7. The predicted octanol–water partition coefficient (Wildman–Crippen LogP) is 1.29. The van der Waals surface area contributed by atoms with Crippen molar-refractivity contribution in [3.8, 4) is 0 Å². The largest absolute Gasteiger partial charge is 0.351 e. The van der Waals surface area contributed by atoms with Crippen molar-refractivity contribution in [3.63, 3.8) is 0 Å². The highest BCUT2D eigenvalue weighted by atomic mass is 16.2. The first kappa shape index (κ1) is 18.1. The third-order valence-electron chi connectivity index (χ3n) is 3.10. The molecule has 6 heteroatoms. The van der Waals surface area contributed by atoms with Crippen LogP contribution in [0.5, 0.6) is 0 Å². The van der Waals surface area contributed by atoms with E-state index in [1.165, 1.54) is 0 Å². The van der Waals surface area contributed by atoms with Crippen LogP contribution in [0.3, 0.4) is 0 Å². The van der Waals surface area contributed by atoms with Crippen molar-refractivity contribution in [1.29, 1.82) is 0 Å². The molecule has 1 aromatic heterocycles. The van der Waals surface area contributed by atoms with E-state index in [1.807, 2.05) is 14.1 Å². The Balaban J connectivity index is 2.52. The summed E-state index contributed by atoms with van der Waals surface area (Å²) in [7, 11) is 3.98. The van der Waals surface area contributed by atoms with Gasteiger partial charge in [0.05, 0.1) is 0 Å². The van der Waals surface area contributed by atoms with Crippen molar-refractivity contribution < 1.29 is 9.59 Å². The molecule has 0 saturated heterocycles. The molecule has 0 aromatic carbocycles. The third-order valence-corrected chi connectivity index (χ3v) is 3.10. The van der Waals surface area contributed by atoms with E-state index in [-0.39, 0.29) is 23.2 Å². The van der Waals surface area contributed by atoms with Crippen LogP contribution in [0.4, 0.5) is 0 Å². The predicted molar refractivity (Wildman–Crippen MR) is 87.0 cm³/mol. The molecule has 0 atom stereocenters. The number of unbranched alkanes of at least 4 members (excludes halogenated alkanes) is 1. The molecule has 1 heterocycles. The molecule has 2 N–H and O–H groups in total. The molecule has 0 bridgehead atoms. The van der Waals surface area contributed by atoms with Gasteiger partial charge in [-0.25, -0.2) is 4.98 Å². The summed E-state index contributed by atoms with van der Waals surface area (Å²) in [5, 5.41) is 5.61. The van der Waals surface area contributed by atoms with Crippen molar-refractivity contribution >= 4 is 11.8 Å². The van der Waals surface area contributed by atoms with Crippen molar-refractivity contribution in [1.82, 2.24) is 20.5 Å². The highest BCUT2D eigenvalue weighted by molar-refractivity contribution is 5.96. The van der Waals surface area contributed by atoms with E-state index in [0.717, 1.165) is 25.8 Å². The van der Waals surface area contributed by atoms with Gasteiger partial charge in [-0.3, -0.25) is 9.59 Å². The van der Waals surface area contributed by atoms with Crippen LogP contribution in [-0.4, -0.2) is 55.4 Å². The number of nitrogens with one attached hydrogen (secondary N) is 2. The van der Waals surface area contributed by atoms with Crippen LogP contribution in [0, 0.1) is 0 Å². The average molecular weight is 306 g/mol. The summed E-state index contributed by atoms with van der Waals surface area (Å²) in [4.78, 5) is 30.1. The number of rotatable bonds is 9. The number of carbonyl (C=O) groups excluding carboxylic acids is 2. The Kier molecular flexibility index (Phi) is 8.14. The Labute approximate surface area is 132 Å². The lowest BCUT2D eigenvalue weighted by molar-refractivity contribution is 0.0943. The van der Waals surface area contributed by atoms with Crippen LogP contribution in [0.15, 0.2) is 18.2 Å². The van der Waals surface area contributed by atoms with Gasteiger partial charge in [0.1, 0.15) is 11.4 Å². The van der Waals surface area contributed by atoms with Gasteiger partial charge in [-0.05, 0) is 45.6 Å². The lowest BCUT2D eigenvalue weighted by atomic mass is 10.2. The molecule has 0 fully saturated rings.